The lowest BCUT2D eigenvalue weighted by molar-refractivity contribution is 0.669. The largest absolute Gasteiger partial charge is 0.455 e. The van der Waals surface area contributed by atoms with Crippen LogP contribution >= 0.6 is 0 Å². The summed E-state index contributed by atoms with van der Waals surface area (Å²) in [6.45, 7) is 0. The smallest absolute Gasteiger partial charge is 0.169 e. The van der Waals surface area contributed by atoms with Crippen LogP contribution in [0.25, 0.3) is 65.7 Å². The Morgan fingerprint density at radius 3 is 1.69 bits per heavy atom. The van der Waals surface area contributed by atoms with Gasteiger partial charge in [-0.05, 0) is 62.0 Å². The summed E-state index contributed by atoms with van der Waals surface area (Å²) >= 11 is 0. The summed E-state index contributed by atoms with van der Waals surface area (Å²) in [7, 11) is 0. The third kappa shape index (κ3) is 5.08. The average Bonchev–Trinajstić information content (AvgIpc) is 3.60. The number of fused-ring (bicyclic) bond motifs is 6. The van der Waals surface area contributed by atoms with Gasteiger partial charge in [-0.2, -0.15) is 0 Å². The van der Waals surface area contributed by atoms with E-state index >= 15 is 0 Å². The predicted octanol–water partition coefficient (Wildman–Crippen LogP) is 11.7. The van der Waals surface area contributed by atoms with Crippen molar-refractivity contribution >= 4 is 55.2 Å². The van der Waals surface area contributed by atoms with Gasteiger partial charge in [0.25, 0.3) is 0 Å². The highest BCUT2D eigenvalue weighted by molar-refractivity contribution is 6.21. The predicted molar refractivity (Wildman–Crippen MR) is 211 cm³/mol. The van der Waals surface area contributed by atoms with E-state index in [4.69, 9.17) is 14.4 Å². The van der Waals surface area contributed by atoms with Crippen molar-refractivity contribution in [3.63, 3.8) is 0 Å². The molecule has 9 aromatic rings. The van der Waals surface area contributed by atoms with E-state index in [1.807, 2.05) is 36.4 Å². The first-order valence-corrected chi connectivity index (χ1v) is 17.3. The molecular weight excluding hydrogens is 623 g/mol. The Hall–Kier alpha value is -6.78. The Bertz CT molecular complexity index is 2750. The van der Waals surface area contributed by atoms with Gasteiger partial charge in [0.05, 0.1) is 0 Å². The van der Waals surface area contributed by atoms with Gasteiger partial charge in [-0.3, -0.25) is 0 Å². The third-order valence-corrected chi connectivity index (χ3v) is 9.91. The van der Waals surface area contributed by atoms with Gasteiger partial charge in [0.2, 0.25) is 0 Å². The van der Waals surface area contributed by atoms with Crippen LogP contribution in [0.4, 0.5) is 0 Å². The Kier molecular flexibility index (Phi) is 6.85. The van der Waals surface area contributed by atoms with Gasteiger partial charge in [0.1, 0.15) is 22.8 Å². The van der Waals surface area contributed by atoms with E-state index in [-0.39, 0.29) is 0 Å². The summed E-state index contributed by atoms with van der Waals surface area (Å²) in [6, 6.07) is 61.6. The van der Waals surface area contributed by atoms with Crippen molar-refractivity contribution in [3.05, 3.63) is 193 Å². The van der Waals surface area contributed by atoms with Gasteiger partial charge in [0, 0.05) is 27.5 Å². The summed E-state index contributed by atoms with van der Waals surface area (Å²) in [5, 5.41) is 10.5. The molecule has 0 unspecified atom stereocenters. The van der Waals surface area contributed by atoms with Gasteiger partial charge in [-0.15, -0.1) is 0 Å². The number of hydrogen-bond donors (Lipinski definition) is 1. The van der Waals surface area contributed by atoms with Crippen LogP contribution in [0, 0.1) is 0 Å². The van der Waals surface area contributed by atoms with Gasteiger partial charge in [-0.1, -0.05) is 158 Å². The number of rotatable bonds is 5. The molecule has 1 aromatic heterocycles. The van der Waals surface area contributed by atoms with Crippen LogP contribution in [-0.4, -0.2) is 11.7 Å². The van der Waals surface area contributed by atoms with Crippen LogP contribution in [0.5, 0.6) is 0 Å². The number of nitrogens with one attached hydrogen (secondary N) is 1. The lowest BCUT2D eigenvalue weighted by atomic mass is 9.94. The highest BCUT2D eigenvalue weighted by Gasteiger charge is 2.24. The number of nitrogens with zero attached hydrogens (tertiary/aromatic N) is 2. The molecule has 1 aliphatic heterocycles. The van der Waals surface area contributed by atoms with Gasteiger partial charge in [0.15, 0.2) is 6.17 Å². The fraction of sp³-hybridized carbons (Fsp3) is 0.0213. The minimum atomic E-state index is -0.477. The minimum absolute atomic E-state index is 0.477. The molecule has 0 saturated carbocycles. The Morgan fingerprint density at radius 2 is 1.00 bits per heavy atom. The number of furan rings is 1. The molecule has 0 amide bonds. The number of aliphatic imine (C=N–C) groups is 2. The molecular formula is C47H31N3O. The molecule has 10 rings (SSSR count). The average molecular weight is 654 g/mol. The molecule has 0 aliphatic carbocycles. The normalized spacial score (nSPS) is 13.4. The SMILES string of the molecule is c1ccc(C2=NC(c3cc(-c4ccc(-c5cccc6ccccc56)cc4)c4oc5ccc6ccccc6c5c4c3)N=C(c3ccccc3)N2)cc1. The zero-order valence-corrected chi connectivity index (χ0v) is 27.6. The van der Waals surface area contributed by atoms with E-state index in [0.717, 1.165) is 66.8 Å². The summed E-state index contributed by atoms with van der Waals surface area (Å²) in [4.78, 5) is 10.5. The van der Waals surface area contributed by atoms with Gasteiger partial charge < -0.3 is 9.73 Å². The molecule has 8 aromatic carbocycles. The van der Waals surface area contributed by atoms with E-state index in [2.05, 4.69) is 145 Å². The van der Waals surface area contributed by atoms with Crippen molar-refractivity contribution in [2.45, 2.75) is 6.17 Å². The van der Waals surface area contributed by atoms with Crippen LogP contribution in [0.3, 0.4) is 0 Å². The van der Waals surface area contributed by atoms with E-state index in [9.17, 15) is 0 Å². The summed E-state index contributed by atoms with van der Waals surface area (Å²) in [6.07, 6.45) is -0.477. The zero-order valence-electron chi connectivity index (χ0n) is 27.6. The van der Waals surface area contributed by atoms with E-state index in [0.29, 0.717) is 0 Å². The van der Waals surface area contributed by atoms with Crippen LogP contribution in [0.1, 0.15) is 22.9 Å². The highest BCUT2D eigenvalue weighted by atomic mass is 16.3. The zero-order chi connectivity index (χ0) is 33.7. The third-order valence-electron chi connectivity index (χ3n) is 9.91. The molecule has 0 spiro atoms. The molecule has 1 aliphatic rings. The quantitative estimate of drug-likeness (QED) is 0.201. The standard InChI is InChI=1S/C47H31N3O/c1-3-14-34(15-4-1)45-48-46(35-16-5-2-6-17-35)50-47(49-45)36-28-40(44-41(29-36)43-39-20-10-8-13-31(39)26-27-42(43)51-44)33-24-22-32(23-25-33)38-21-11-18-30-12-7-9-19-37(30)38/h1-29,47H,(H,48,49,50). The molecule has 0 radical (unpaired) electrons. The molecule has 4 nitrogen and oxygen atoms in total. The van der Waals surface area contributed by atoms with Crippen LogP contribution < -0.4 is 5.32 Å². The van der Waals surface area contributed by atoms with E-state index in [1.165, 1.54) is 27.3 Å². The first kappa shape index (κ1) is 29.2. The Morgan fingerprint density at radius 1 is 0.431 bits per heavy atom. The van der Waals surface area contributed by atoms with E-state index < -0.39 is 6.17 Å². The second-order valence-electron chi connectivity index (χ2n) is 13.0. The second kappa shape index (κ2) is 12.0. The maximum atomic E-state index is 6.76. The first-order chi connectivity index (χ1) is 25.3. The van der Waals surface area contributed by atoms with Gasteiger partial charge in [-0.25, -0.2) is 9.98 Å². The molecule has 240 valence electrons. The number of benzene rings is 8. The highest BCUT2D eigenvalue weighted by Crippen LogP contribution is 2.42. The Balaban J connectivity index is 1.19. The van der Waals surface area contributed by atoms with Crippen molar-refractivity contribution in [1.82, 2.24) is 5.32 Å². The van der Waals surface area contributed by atoms with Crippen molar-refractivity contribution in [2.24, 2.45) is 9.98 Å². The summed E-state index contributed by atoms with van der Waals surface area (Å²) in [5.74, 6) is 1.58. The molecule has 0 fully saturated rings. The lowest BCUT2D eigenvalue weighted by Crippen LogP contribution is -2.36. The number of amidine groups is 2. The van der Waals surface area contributed by atoms with Crippen molar-refractivity contribution in [3.8, 4) is 22.3 Å². The van der Waals surface area contributed by atoms with Crippen molar-refractivity contribution in [1.29, 1.82) is 0 Å². The summed E-state index contributed by atoms with van der Waals surface area (Å²) < 4.78 is 6.76. The minimum Gasteiger partial charge on any atom is -0.455 e. The first-order valence-electron chi connectivity index (χ1n) is 17.3. The fourth-order valence-electron chi connectivity index (χ4n) is 7.43. The second-order valence-corrected chi connectivity index (χ2v) is 13.0. The molecule has 2 heterocycles. The summed E-state index contributed by atoms with van der Waals surface area (Å²) in [5.41, 5.74) is 9.21. The molecule has 0 bridgehead atoms. The van der Waals surface area contributed by atoms with Crippen LogP contribution in [0.15, 0.2) is 190 Å². The van der Waals surface area contributed by atoms with Crippen molar-refractivity contribution in [2.75, 3.05) is 0 Å². The number of hydrogen-bond acceptors (Lipinski definition) is 4. The van der Waals surface area contributed by atoms with E-state index in [1.54, 1.807) is 0 Å². The molecule has 1 N–H and O–H groups in total. The lowest BCUT2D eigenvalue weighted by Gasteiger charge is -2.23. The van der Waals surface area contributed by atoms with Gasteiger partial charge >= 0.3 is 0 Å². The Labute approximate surface area is 295 Å². The molecule has 51 heavy (non-hydrogen) atoms. The molecule has 0 saturated heterocycles. The maximum Gasteiger partial charge on any atom is 0.169 e. The molecule has 4 heteroatoms. The van der Waals surface area contributed by atoms with Crippen LogP contribution in [0.2, 0.25) is 0 Å². The topological polar surface area (TPSA) is 49.9 Å². The molecule has 0 atom stereocenters. The van der Waals surface area contributed by atoms with Crippen molar-refractivity contribution < 1.29 is 4.42 Å². The monoisotopic (exact) mass is 653 g/mol. The van der Waals surface area contributed by atoms with Crippen LogP contribution in [-0.2, 0) is 0 Å². The maximum absolute atomic E-state index is 6.76. The fourth-order valence-corrected chi connectivity index (χ4v) is 7.43.